The Bertz CT molecular complexity index is 301. The molecule has 1 heterocycles. The lowest BCUT2D eigenvalue weighted by Crippen LogP contribution is -2.22. The predicted molar refractivity (Wildman–Crippen MR) is 66.0 cm³/mol. The molecule has 4 nitrogen and oxygen atoms in total. The maximum Gasteiger partial charge on any atom is 0.0814 e. The third-order valence-corrected chi connectivity index (χ3v) is 2.76. The number of hydrogen-bond donors (Lipinski definition) is 1. The molecule has 92 valence electrons. The Hall–Kier alpha value is -0.580. The summed E-state index contributed by atoms with van der Waals surface area (Å²) in [5.41, 5.74) is 1.03. The van der Waals surface area contributed by atoms with E-state index in [0.717, 1.165) is 50.0 Å². The highest BCUT2D eigenvalue weighted by molar-refractivity contribution is 6.31. The van der Waals surface area contributed by atoms with Gasteiger partial charge in [0.15, 0.2) is 0 Å². The minimum atomic E-state index is 0.733. The van der Waals surface area contributed by atoms with Gasteiger partial charge in [-0.15, -0.1) is 0 Å². The zero-order valence-electron chi connectivity index (χ0n) is 10.0. The van der Waals surface area contributed by atoms with Crippen molar-refractivity contribution in [2.75, 3.05) is 26.3 Å². The molecule has 1 N–H and O–H groups in total. The van der Waals surface area contributed by atoms with E-state index >= 15 is 0 Å². The third-order valence-electron chi connectivity index (χ3n) is 2.39. The van der Waals surface area contributed by atoms with Gasteiger partial charge < -0.3 is 10.1 Å². The molecule has 16 heavy (non-hydrogen) atoms. The van der Waals surface area contributed by atoms with E-state index in [9.17, 15) is 0 Å². The molecule has 0 aliphatic rings. The van der Waals surface area contributed by atoms with Crippen molar-refractivity contribution >= 4 is 11.6 Å². The van der Waals surface area contributed by atoms with Crippen LogP contribution in [0.15, 0.2) is 6.20 Å². The number of aromatic nitrogens is 2. The first-order chi connectivity index (χ1) is 7.75. The Kier molecular flexibility index (Phi) is 6.45. The topological polar surface area (TPSA) is 39.1 Å². The van der Waals surface area contributed by atoms with Crippen LogP contribution in [0.25, 0.3) is 0 Å². The van der Waals surface area contributed by atoms with Gasteiger partial charge in [0, 0.05) is 19.8 Å². The molecule has 0 aliphatic heterocycles. The largest absolute Gasteiger partial charge is 0.382 e. The standard InChI is InChI=1S/C11H20ClN3O/c1-3-16-8-4-5-13-6-7-15-10(2)11(12)9-14-15/h9,13H,3-8H2,1-2H3. The van der Waals surface area contributed by atoms with Crippen LogP contribution in [0.2, 0.25) is 5.02 Å². The number of ether oxygens (including phenoxy) is 1. The number of halogens is 1. The minimum Gasteiger partial charge on any atom is -0.382 e. The van der Waals surface area contributed by atoms with Crippen LogP contribution in [0.1, 0.15) is 19.0 Å². The van der Waals surface area contributed by atoms with E-state index in [1.165, 1.54) is 0 Å². The monoisotopic (exact) mass is 245 g/mol. The lowest BCUT2D eigenvalue weighted by molar-refractivity contribution is 0.144. The number of rotatable bonds is 8. The van der Waals surface area contributed by atoms with Crippen molar-refractivity contribution in [3.05, 3.63) is 16.9 Å². The second-order valence-electron chi connectivity index (χ2n) is 3.60. The van der Waals surface area contributed by atoms with Gasteiger partial charge in [-0.3, -0.25) is 4.68 Å². The Balaban J connectivity index is 2.05. The Morgan fingerprint density at radius 2 is 2.31 bits per heavy atom. The summed E-state index contributed by atoms with van der Waals surface area (Å²) in [4.78, 5) is 0. The van der Waals surface area contributed by atoms with Crippen LogP contribution in [0.3, 0.4) is 0 Å². The smallest absolute Gasteiger partial charge is 0.0814 e. The van der Waals surface area contributed by atoms with Gasteiger partial charge in [-0.2, -0.15) is 5.10 Å². The predicted octanol–water partition coefficient (Wildman–Crippen LogP) is 1.86. The molecule has 0 saturated heterocycles. The summed E-state index contributed by atoms with van der Waals surface area (Å²) in [6.07, 6.45) is 2.73. The van der Waals surface area contributed by atoms with E-state index in [2.05, 4.69) is 10.4 Å². The van der Waals surface area contributed by atoms with Crippen molar-refractivity contribution in [1.29, 1.82) is 0 Å². The van der Waals surface area contributed by atoms with E-state index in [-0.39, 0.29) is 0 Å². The summed E-state index contributed by atoms with van der Waals surface area (Å²) >= 11 is 5.91. The highest BCUT2D eigenvalue weighted by Crippen LogP contribution is 2.12. The third kappa shape index (κ3) is 4.51. The van der Waals surface area contributed by atoms with Crippen molar-refractivity contribution in [2.45, 2.75) is 26.8 Å². The lowest BCUT2D eigenvalue weighted by Gasteiger charge is -2.06. The molecule has 0 amide bonds. The Morgan fingerprint density at radius 1 is 1.50 bits per heavy atom. The number of nitrogens with zero attached hydrogens (tertiary/aromatic N) is 2. The molecule has 5 heteroatoms. The molecule has 0 bridgehead atoms. The molecule has 0 aromatic carbocycles. The maximum atomic E-state index is 5.91. The first-order valence-corrected chi connectivity index (χ1v) is 6.10. The summed E-state index contributed by atoms with van der Waals surface area (Å²) in [5.74, 6) is 0. The van der Waals surface area contributed by atoms with Gasteiger partial charge in [-0.25, -0.2) is 0 Å². The zero-order valence-corrected chi connectivity index (χ0v) is 10.8. The van der Waals surface area contributed by atoms with Gasteiger partial charge >= 0.3 is 0 Å². The van der Waals surface area contributed by atoms with Gasteiger partial charge in [0.1, 0.15) is 0 Å². The van der Waals surface area contributed by atoms with E-state index in [1.807, 2.05) is 18.5 Å². The van der Waals surface area contributed by atoms with Crippen LogP contribution < -0.4 is 5.32 Å². The average molecular weight is 246 g/mol. The molecule has 1 rings (SSSR count). The molecule has 0 unspecified atom stereocenters. The fourth-order valence-corrected chi connectivity index (χ4v) is 1.54. The van der Waals surface area contributed by atoms with E-state index in [4.69, 9.17) is 16.3 Å². The molecule has 0 spiro atoms. The molecule has 0 aliphatic carbocycles. The minimum absolute atomic E-state index is 0.733. The summed E-state index contributed by atoms with van der Waals surface area (Å²) in [5, 5.41) is 8.26. The van der Waals surface area contributed by atoms with Crippen LogP contribution in [0.5, 0.6) is 0 Å². The normalized spacial score (nSPS) is 10.9. The van der Waals surface area contributed by atoms with Crippen molar-refractivity contribution in [3.63, 3.8) is 0 Å². The number of nitrogens with one attached hydrogen (secondary N) is 1. The molecule has 0 radical (unpaired) electrons. The Labute approximate surface area is 102 Å². The lowest BCUT2D eigenvalue weighted by atomic mass is 10.4. The van der Waals surface area contributed by atoms with Crippen molar-refractivity contribution in [2.24, 2.45) is 0 Å². The van der Waals surface area contributed by atoms with E-state index in [1.54, 1.807) is 6.20 Å². The quantitative estimate of drug-likeness (QED) is 0.711. The molecule has 0 saturated carbocycles. The fraction of sp³-hybridized carbons (Fsp3) is 0.727. The summed E-state index contributed by atoms with van der Waals surface area (Å²) < 4.78 is 7.16. The molecule has 1 aromatic rings. The molecule has 1 aromatic heterocycles. The fourth-order valence-electron chi connectivity index (χ4n) is 1.40. The van der Waals surface area contributed by atoms with Crippen molar-refractivity contribution < 1.29 is 4.74 Å². The maximum absolute atomic E-state index is 5.91. The first-order valence-electron chi connectivity index (χ1n) is 5.72. The van der Waals surface area contributed by atoms with E-state index < -0.39 is 0 Å². The van der Waals surface area contributed by atoms with E-state index in [0.29, 0.717) is 0 Å². The van der Waals surface area contributed by atoms with Crippen LogP contribution in [-0.4, -0.2) is 36.1 Å². The van der Waals surface area contributed by atoms with Gasteiger partial charge in [-0.05, 0) is 26.8 Å². The second kappa shape index (κ2) is 7.65. The summed E-state index contributed by atoms with van der Waals surface area (Å²) in [6, 6.07) is 0. The first kappa shape index (κ1) is 13.5. The summed E-state index contributed by atoms with van der Waals surface area (Å²) in [6.45, 7) is 8.36. The van der Waals surface area contributed by atoms with Gasteiger partial charge in [0.2, 0.25) is 0 Å². The highest BCUT2D eigenvalue weighted by Gasteiger charge is 2.02. The highest BCUT2D eigenvalue weighted by atomic mass is 35.5. The number of hydrogen-bond acceptors (Lipinski definition) is 3. The van der Waals surface area contributed by atoms with Gasteiger partial charge in [0.25, 0.3) is 0 Å². The average Bonchev–Trinajstić information content (AvgIpc) is 2.59. The zero-order chi connectivity index (χ0) is 11.8. The van der Waals surface area contributed by atoms with Crippen LogP contribution >= 0.6 is 11.6 Å². The van der Waals surface area contributed by atoms with Crippen molar-refractivity contribution in [1.82, 2.24) is 15.1 Å². The molecule has 0 atom stereocenters. The summed E-state index contributed by atoms with van der Waals surface area (Å²) in [7, 11) is 0. The molecular weight excluding hydrogens is 226 g/mol. The van der Waals surface area contributed by atoms with Crippen molar-refractivity contribution in [3.8, 4) is 0 Å². The molecular formula is C11H20ClN3O. The van der Waals surface area contributed by atoms with Crippen LogP contribution in [0, 0.1) is 6.92 Å². The molecule has 0 fully saturated rings. The van der Waals surface area contributed by atoms with Gasteiger partial charge in [-0.1, -0.05) is 11.6 Å². The Morgan fingerprint density at radius 3 is 2.94 bits per heavy atom. The van der Waals surface area contributed by atoms with Gasteiger partial charge in [0.05, 0.1) is 23.5 Å². The second-order valence-corrected chi connectivity index (χ2v) is 4.01. The van der Waals surface area contributed by atoms with Crippen LogP contribution in [-0.2, 0) is 11.3 Å². The SMILES string of the molecule is CCOCCCNCCn1ncc(Cl)c1C. The van der Waals surface area contributed by atoms with Crippen LogP contribution in [0.4, 0.5) is 0 Å².